The monoisotopic (exact) mass is 329 g/mol. The van der Waals surface area contributed by atoms with Gasteiger partial charge in [-0.2, -0.15) is 0 Å². The van der Waals surface area contributed by atoms with Crippen molar-refractivity contribution in [1.82, 2.24) is 15.2 Å². The molecule has 7 nitrogen and oxygen atoms in total. The lowest BCUT2D eigenvalue weighted by Crippen LogP contribution is -2.51. The van der Waals surface area contributed by atoms with Gasteiger partial charge in [-0.3, -0.25) is 4.79 Å². The second kappa shape index (κ2) is 6.16. The van der Waals surface area contributed by atoms with Crippen molar-refractivity contribution < 1.29 is 18.7 Å². The zero-order valence-electron chi connectivity index (χ0n) is 13.4. The standard InChI is InChI=1S/C17H19N3O4/c1-11-9-20(5-4-18-11)17(21)15-16(24-10-19-15)12-2-3-13-14(8-12)23-7-6-22-13/h2-3,8,10-11,18H,4-7,9H2,1H3. The number of rotatable bonds is 2. The van der Waals surface area contributed by atoms with Crippen molar-refractivity contribution in [1.29, 1.82) is 0 Å². The molecule has 4 rings (SSSR count). The Kier molecular flexibility index (Phi) is 3.86. The summed E-state index contributed by atoms with van der Waals surface area (Å²) in [5, 5.41) is 3.32. The summed E-state index contributed by atoms with van der Waals surface area (Å²) in [6.07, 6.45) is 1.31. The number of fused-ring (bicyclic) bond motifs is 1. The lowest BCUT2D eigenvalue weighted by molar-refractivity contribution is 0.0704. The molecule has 3 heterocycles. The maximum absolute atomic E-state index is 12.8. The molecule has 1 aromatic carbocycles. The smallest absolute Gasteiger partial charge is 0.276 e. The highest BCUT2D eigenvalue weighted by molar-refractivity contribution is 5.97. The van der Waals surface area contributed by atoms with Gasteiger partial charge in [0.25, 0.3) is 5.91 Å². The third-order valence-corrected chi connectivity index (χ3v) is 4.23. The molecule has 2 aromatic rings. The van der Waals surface area contributed by atoms with Crippen LogP contribution in [0.5, 0.6) is 11.5 Å². The summed E-state index contributed by atoms with van der Waals surface area (Å²) in [5.74, 6) is 1.71. The zero-order chi connectivity index (χ0) is 16.5. The Balaban J connectivity index is 1.64. The Bertz CT molecular complexity index is 758. The van der Waals surface area contributed by atoms with Crippen LogP contribution >= 0.6 is 0 Å². The number of nitrogens with zero attached hydrogens (tertiary/aromatic N) is 2. The lowest BCUT2D eigenvalue weighted by Gasteiger charge is -2.31. The van der Waals surface area contributed by atoms with E-state index >= 15 is 0 Å². The average molecular weight is 329 g/mol. The van der Waals surface area contributed by atoms with Gasteiger partial charge in [0.2, 0.25) is 0 Å². The van der Waals surface area contributed by atoms with Crippen LogP contribution in [0.25, 0.3) is 11.3 Å². The highest BCUT2D eigenvalue weighted by Crippen LogP contribution is 2.35. The number of oxazole rings is 1. The Morgan fingerprint density at radius 1 is 1.29 bits per heavy atom. The van der Waals surface area contributed by atoms with Crippen LogP contribution in [0.2, 0.25) is 0 Å². The molecule has 2 aliphatic rings. The lowest BCUT2D eigenvalue weighted by atomic mass is 10.1. The minimum absolute atomic E-state index is 0.109. The predicted molar refractivity (Wildman–Crippen MR) is 86.3 cm³/mol. The summed E-state index contributed by atoms with van der Waals surface area (Å²) in [7, 11) is 0. The summed E-state index contributed by atoms with van der Waals surface area (Å²) in [6.45, 7) is 5.22. The molecule has 1 N–H and O–H groups in total. The van der Waals surface area contributed by atoms with E-state index in [1.807, 2.05) is 18.2 Å². The Morgan fingerprint density at radius 2 is 2.12 bits per heavy atom. The van der Waals surface area contributed by atoms with Gasteiger partial charge in [-0.25, -0.2) is 4.98 Å². The molecule has 1 fully saturated rings. The number of aromatic nitrogens is 1. The zero-order valence-corrected chi connectivity index (χ0v) is 13.4. The van der Waals surface area contributed by atoms with Gasteiger partial charge in [-0.15, -0.1) is 0 Å². The summed E-state index contributed by atoms with van der Waals surface area (Å²) < 4.78 is 16.6. The molecule has 1 unspecified atom stereocenters. The van der Waals surface area contributed by atoms with Crippen molar-refractivity contribution in [3.8, 4) is 22.8 Å². The van der Waals surface area contributed by atoms with Crippen LogP contribution in [0.4, 0.5) is 0 Å². The maximum atomic E-state index is 12.8. The minimum atomic E-state index is -0.109. The van der Waals surface area contributed by atoms with Gasteiger partial charge in [0.05, 0.1) is 0 Å². The van der Waals surface area contributed by atoms with Gasteiger partial charge < -0.3 is 24.1 Å². The second-order valence-electron chi connectivity index (χ2n) is 5.99. The molecule has 1 saturated heterocycles. The third kappa shape index (κ3) is 2.71. The first-order valence-electron chi connectivity index (χ1n) is 8.08. The van der Waals surface area contributed by atoms with E-state index in [2.05, 4.69) is 17.2 Å². The number of nitrogens with one attached hydrogen (secondary N) is 1. The molecule has 24 heavy (non-hydrogen) atoms. The first-order chi connectivity index (χ1) is 11.7. The van der Waals surface area contributed by atoms with Crippen molar-refractivity contribution in [2.75, 3.05) is 32.8 Å². The van der Waals surface area contributed by atoms with Crippen LogP contribution in [0, 0.1) is 0 Å². The number of ether oxygens (including phenoxy) is 2. The van der Waals surface area contributed by atoms with Crippen LogP contribution < -0.4 is 14.8 Å². The van der Waals surface area contributed by atoms with E-state index in [0.29, 0.717) is 49.3 Å². The van der Waals surface area contributed by atoms with Crippen LogP contribution in [-0.4, -0.2) is 54.7 Å². The van der Waals surface area contributed by atoms with E-state index in [-0.39, 0.29) is 11.9 Å². The molecule has 1 atom stereocenters. The van der Waals surface area contributed by atoms with E-state index in [1.54, 1.807) is 4.90 Å². The third-order valence-electron chi connectivity index (χ3n) is 4.23. The maximum Gasteiger partial charge on any atom is 0.276 e. The molecular formula is C17H19N3O4. The van der Waals surface area contributed by atoms with Crippen molar-refractivity contribution >= 4 is 5.91 Å². The second-order valence-corrected chi connectivity index (χ2v) is 5.99. The Morgan fingerprint density at radius 3 is 2.96 bits per heavy atom. The van der Waals surface area contributed by atoms with Crippen LogP contribution in [0.3, 0.4) is 0 Å². The highest BCUT2D eigenvalue weighted by Gasteiger charge is 2.27. The summed E-state index contributed by atoms with van der Waals surface area (Å²) in [5.41, 5.74) is 1.09. The molecule has 0 spiro atoms. The van der Waals surface area contributed by atoms with Crippen molar-refractivity contribution in [2.45, 2.75) is 13.0 Å². The number of piperazine rings is 1. The fourth-order valence-electron chi connectivity index (χ4n) is 3.05. The number of carbonyl (C=O) groups is 1. The minimum Gasteiger partial charge on any atom is -0.486 e. The van der Waals surface area contributed by atoms with Crippen LogP contribution in [-0.2, 0) is 0 Å². The van der Waals surface area contributed by atoms with Crippen LogP contribution in [0.1, 0.15) is 17.4 Å². The van der Waals surface area contributed by atoms with Gasteiger partial charge in [0.15, 0.2) is 29.3 Å². The number of hydrogen-bond donors (Lipinski definition) is 1. The van der Waals surface area contributed by atoms with Crippen molar-refractivity contribution in [3.05, 3.63) is 30.3 Å². The SMILES string of the molecule is CC1CN(C(=O)c2ncoc2-c2ccc3c(c2)OCCO3)CCN1. The van der Waals surface area contributed by atoms with Gasteiger partial charge in [-0.1, -0.05) is 0 Å². The van der Waals surface area contributed by atoms with Gasteiger partial charge >= 0.3 is 0 Å². The van der Waals surface area contributed by atoms with Crippen LogP contribution in [0.15, 0.2) is 29.0 Å². The molecule has 2 aliphatic heterocycles. The molecule has 7 heteroatoms. The number of carbonyl (C=O) groups excluding carboxylic acids is 1. The highest BCUT2D eigenvalue weighted by atomic mass is 16.6. The molecule has 0 bridgehead atoms. The number of amides is 1. The first-order valence-corrected chi connectivity index (χ1v) is 8.08. The molecule has 0 saturated carbocycles. The summed E-state index contributed by atoms with van der Waals surface area (Å²) in [4.78, 5) is 18.8. The molecule has 0 radical (unpaired) electrons. The topological polar surface area (TPSA) is 76.8 Å². The van der Waals surface area contributed by atoms with E-state index in [4.69, 9.17) is 13.9 Å². The predicted octanol–water partition coefficient (Wildman–Crippen LogP) is 1.55. The fraction of sp³-hybridized carbons (Fsp3) is 0.412. The van der Waals surface area contributed by atoms with Crippen molar-refractivity contribution in [3.63, 3.8) is 0 Å². The summed E-state index contributed by atoms with van der Waals surface area (Å²) >= 11 is 0. The molecule has 0 aliphatic carbocycles. The fourth-order valence-corrected chi connectivity index (χ4v) is 3.05. The van der Waals surface area contributed by atoms with E-state index in [9.17, 15) is 4.79 Å². The van der Waals surface area contributed by atoms with E-state index in [1.165, 1.54) is 6.39 Å². The molecular weight excluding hydrogens is 310 g/mol. The normalized spacial score (nSPS) is 20.0. The van der Waals surface area contributed by atoms with Gasteiger partial charge in [0, 0.05) is 31.2 Å². The Hall–Kier alpha value is -2.54. The Labute approximate surface area is 139 Å². The molecule has 126 valence electrons. The average Bonchev–Trinajstić information content (AvgIpc) is 3.10. The van der Waals surface area contributed by atoms with Gasteiger partial charge in [0.1, 0.15) is 13.2 Å². The van der Waals surface area contributed by atoms with Crippen molar-refractivity contribution in [2.24, 2.45) is 0 Å². The molecule has 1 amide bonds. The number of benzene rings is 1. The van der Waals surface area contributed by atoms with E-state index in [0.717, 1.165) is 12.1 Å². The first kappa shape index (κ1) is 15.0. The number of hydrogen-bond acceptors (Lipinski definition) is 6. The molecule has 1 aromatic heterocycles. The van der Waals surface area contributed by atoms with Gasteiger partial charge in [-0.05, 0) is 25.1 Å². The van der Waals surface area contributed by atoms with E-state index < -0.39 is 0 Å². The largest absolute Gasteiger partial charge is 0.486 e. The quantitative estimate of drug-likeness (QED) is 0.901. The summed E-state index contributed by atoms with van der Waals surface area (Å²) in [6, 6.07) is 5.78.